The third-order valence-corrected chi connectivity index (χ3v) is 5.50. The minimum Gasteiger partial charge on any atom is -0.452 e. The summed E-state index contributed by atoms with van der Waals surface area (Å²) in [6.45, 7) is -0.106. The van der Waals surface area contributed by atoms with E-state index in [0.29, 0.717) is 0 Å². The highest BCUT2D eigenvalue weighted by atomic mass is 16.6. The fourth-order valence-corrected chi connectivity index (χ4v) is 3.61. The molecule has 3 aliphatic heterocycles. The van der Waals surface area contributed by atoms with Crippen LogP contribution in [0.15, 0.2) is 0 Å². The number of imide groups is 3. The van der Waals surface area contributed by atoms with Gasteiger partial charge in [0.15, 0.2) is 18.3 Å². The Morgan fingerprint density at radius 1 is 0.568 bits per heavy atom. The lowest BCUT2D eigenvalue weighted by atomic mass is 10.2. The maximum atomic E-state index is 12.1. The average Bonchev–Trinajstić information content (AvgIpc) is 3.41. The molecule has 0 saturated carbocycles. The van der Waals surface area contributed by atoms with Crippen molar-refractivity contribution >= 4 is 53.4 Å². The third-order valence-electron chi connectivity index (χ3n) is 5.50. The molecule has 3 saturated heterocycles. The van der Waals surface area contributed by atoms with Crippen molar-refractivity contribution in [3.05, 3.63) is 0 Å². The molecule has 200 valence electrons. The van der Waals surface area contributed by atoms with E-state index in [-0.39, 0.29) is 58.2 Å². The fraction of sp³-hybridized carbons (Fsp3) is 0.571. The van der Waals surface area contributed by atoms with Gasteiger partial charge in [0.05, 0.1) is 38.5 Å². The monoisotopic (exact) mass is 524 g/mol. The lowest BCUT2D eigenvalue weighted by Crippen LogP contribution is -2.35. The van der Waals surface area contributed by atoms with Crippen LogP contribution in [0.4, 0.5) is 0 Å². The van der Waals surface area contributed by atoms with Crippen LogP contribution >= 0.6 is 0 Å². The molecule has 3 N–H and O–H groups in total. The summed E-state index contributed by atoms with van der Waals surface area (Å²) in [5.74, 6) is -6.31. The van der Waals surface area contributed by atoms with Crippen molar-refractivity contribution in [2.24, 2.45) is 0 Å². The Labute approximate surface area is 208 Å². The highest BCUT2D eigenvalue weighted by molar-refractivity contribution is 6.06. The Morgan fingerprint density at radius 3 is 1.05 bits per heavy atom. The largest absolute Gasteiger partial charge is 0.452 e. The lowest BCUT2D eigenvalue weighted by molar-refractivity contribution is -0.155. The molecule has 0 radical (unpaired) electrons. The number of amides is 6. The van der Waals surface area contributed by atoms with Gasteiger partial charge in [-0.25, -0.2) is 0 Å². The summed E-state index contributed by atoms with van der Waals surface area (Å²) >= 11 is 0. The van der Waals surface area contributed by atoms with Gasteiger partial charge in [0.25, 0.3) is 17.7 Å². The second kappa shape index (κ2) is 12.2. The van der Waals surface area contributed by atoms with E-state index < -0.39 is 71.7 Å². The summed E-state index contributed by atoms with van der Waals surface area (Å²) in [7, 11) is 0. The number of rotatable bonds is 12. The first kappa shape index (κ1) is 27.4. The summed E-state index contributed by atoms with van der Waals surface area (Å²) in [6, 6.07) is 0. The zero-order valence-electron chi connectivity index (χ0n) is 19.4. The number of carbonyl (C=O) groups is 9. The second-order valence-corrected chi connectivity index (χ2v) is 8.38. The van der Waals surface area contributed by atoms with Crippen molar-refractivity contribution in [3.8, 4) is 0 Å². The smallest absolute Gasteiger partial charge is 0.307 e. The molecule has 6 amide bonds. The Morgan fingerprint density at radius 2 is 0.838 bits per heavy atom. The molecule has 3 unspecified atom stereocenters. The maximum Gasteiger partial charge on any atom is 0.307 e. The molecule has 16 nitrogen and oxygen atoms in total. The molecule has 3 aliphatic rings. The van der Waals surface area contributed by atoms with E-state index in [4.69, 9.17) is 14.2 Å². The van der Waals surface area contributed by atoms with Crippen LogP contribution in [0.1, 0.15) is 38.5 Å². The molecule has 0 aliphatic carbocycles. The topological polar surface area (TPSA) is 221 Å². The van der Waals surface area contributed by atoms with E-state index in [9.17, 15) is 43.2 Å². The van der Waals surface area contributed by atoms with Gasteiger partial charge in [-0.1, -0.05) is 0 Å². The number of hydrogen-bond acceptors (Lipinski definition) is 13. The summed E-state index contributed by atoms with van der Waals surface area (Å²) < 4.78 is 14.9. The van der Waals surface area contributed by atoms with Crippen LogP contribution in [0.3, 0.4) is 0 Å². The molecule has 0 aromatic rings. The van der Waals surface area contributed by atoms with Crippen LogP contribution in [0.5, 0.6) is 0 Å². The van der Waals surface area contributed by atoms with Gasteiger partial charge in [0, 0.05) is 19.6 Å². The first-order chi connectivity index (χ1) is 17.5. The molecule has 0 bridgehead atoms. The van der Waals surface area contributed by atoms with Crippen LogP contribution < -0.4 is 16.0 Å². The highest BCUT2D eigenvalue weighted by Gasteiger charge is 2.36. The summed E-state index contributed by atoms with van der Waals surface area (Å²) in [5, 5.41) is 6.02. The molecule has 3 rings (SSSR count). The van der Waals surface area contributed by atoms with Gasteiger partial charge in [-0.05, 0) is 0 Å². The molecule has 3 fully saturated rings. The van der Waals surface area contributed by atoms with E-state index >= 15 is 0 Å². The third kappa shape index (κ3) is 8.16. The Kier molecular flexibility index (Phi) is 9.00. The zero-order valence-corrected chi connectivity index (χ0v) is 19.4. The van der Waals surface area contributed by atoms with Crippen LogP contribution in [0.2, 0.25) is 0 Å². The Hall–Kier alpha value is -4.21. The lowest BCUT2D eigenvalue weighted by Gasteiger charge is -2.22. The van der Waals surface area contributed by atoms with Crippen LogP contribution in [-0.4, -0.2) is 96.2 Å². The van der Waals surface area contributed by atoms with Gasteiger partial charge in [0.1, 0.15) is 0 Å². The number of ether oxygens (including phenoxy) is 3. The number of hydrogen-bond donors (Lipinski definition) is 3. The van der Waals surface area contributed by atoms with Crippen molar-refractivity contribution < 1.29 is 57.4 Å². The predicted octanol–water partition coefficient (Wildman–Crippen LogP) is -3.67. The van der Waals surface area contributed by atoms with E-state index in [1.165, 1.54) is 4.90 Å². The van der Waals surface area contributed by atoms with Crippen molar-refractivity contribution in [2.75, 3.05) is 19.6 Å². The normalized spacial score (nSPS) is 23.1. The number of nitrogens with zero attached hydrogens (tertiary/aromatic N) is 1. The summed E-state index contributed by atoms with van der Waals surface area (Å²) in [6.07, 6.45) is -5.37. The van der Waals surface area contributed by atoms with Crippen LogP contribution in [0.25, 0.3) is 0 Å². The van der Waals surface area contributed by atoms with E-state index in [1.54, 1.807) is 0 Å². The van der Waals surface area contributed by atoms with Gasteiger partial charge in [-0.2, -0.15) is 0 Å². The number of carbonyl (C=O) groups excluding carboxylic acids is 9. The SMILES string of the molecule is O=C1CC(OC(=O)CCN(CCC(=O)OC2CC(=O)NC2=O)CCC(=O)OC2CC(=O)NC2=O)C(=O)N1. The van der Waals surface area contributed by atoms with Crippen LogP contribution in [-0.2, 0) is 57.4 Å². The molecular weight excluding hydrogens is 500 g/mol. The molecule has 16 heteroatoms. The molecule has 3 atom stereocenters. The molecule has 0 aromatic carbocycles. The maximum absolute atomic E-state index is 12.1. The Bertz CT molecular complexity index is 912. The number of esters is 3. The highest BCUT2D eigenvalue weighted by Crippen LogP contribution is 2.11. The van der Waals surface area contributed by atoms with Crippen molar-refractivity contribution in [1.29, 1.82) is 0 Å². The van der Waals surface area contributed by atoms with Gasteiger partial charge in [-0.3, -0.25) is 59.1 Å². The van der Waals surface area contributed by atoms with Gasteiger partial charge >= 0.3 is 17.9 Å². The molecule has 3 heterocycles. The molecule has 0 spiro atoms. The summed E-state index contributed by atoms with van der Waals surface area (Å²) in [4.78, 5) is 106. The molecule has 0 aromatic heterocycles. The Balaban J connectivity index is 1.49. The van der Waals surface area contributed by atoms with Crippen molar-refractivity contribution in [1.82, 2.24) is 20.9 Å². The first-order valence-electron chi connectivity index (χ1n) is 11.3. The quantitative estimate of drug-likeness (QED) is 0.127. The van der Waals surface area contributed by atoms with Gasteiger partial charge < -0.3 is 19.1 Å². The fourth-order valence-electron chi connectivity index (χ4n) is 3.61. The zero-order chi connectivity index (χ0) is 27.1. The van der Waals surface area contributed by atoms with E-state index in [0.717, 1.165) is 0 Å². The first-order valence-corrected chi connectivity index (χ1v) is 11.3. The van der Waals surface area contributed by atoms with Crippen molar-refractivity contribution in [3.63, 3.8) is 0 Å². The van der Waals surface area contributed by atoms with Crippen LogP contribution in [0, 0.1) is 0 Å². The second-order valence-electron chi connectivity index (χ2n) is 8.38. The van der Waals surface area contributed by atoms with Crippen molar-refractivity contribution in [2.45, 2.75) is 56.8 Å². The average molecular weight is 524 g/mol. The van der Waals surface area contributed by atoms with Gasteiger partial charge in [0.2, 0.25) is 17.7 Å². The van der Waals surface area contributed by atoms with E-state index in [2.05, 4.69) is 0 Å². The minimum absolute atomic E-state index is 0.0352. The number of nitrogens with one attached hydrogen (secondary N) is 3. The van der Waals surface area contributed by atoms with E-state index in [1.807, 2.05) is 16.0 Å². The standard InChI is InChI=1S/C21H24N4O12/c26-13-7-10(19(32)22-13)35-16(29)1-4-25(5-2-17(30)36-11-8-14(27)23-20(11)33)6-3-18(31)37-12-9-15(28)24-21(12)34/h10-12H,1-9H2,(H,22,26,32)(H,23,27,33)(H,24,28,34). The summed E-state index contributed by atoms with van der Waals surface area (Å²) in [5.41, 5.74) is 0. The van der Waals surface area contributed by atoms with Gasteiger partial charge in [-0.15, -0.1) is 0 Å². The minimum atomic E-state index is -1.24. The molecule has 37 heavy (non-hydrogen) atoms. The molecular formula is C21H24N4O12. The predicted molar refractivity (Wildman–Crippen MR) is 113 cm³/mol.